The van der Waals surface area contributed by atoms with E-state index in [4.69, 9.17) is 11.6 Å². The van der Waals surface area contributed by atoms with Crippen LogP contribution in [0.15, 0.2) is 0 Å². The van der Waals surface area contributed by atoms with Crippen LogP contribution in [0, 0.1) is 5.92 Å². The summed E-state index contributed by atoms with van der Waals surface area (Å²) in [6.45, 7) is 6.83. The molecule has 1 N–H and O–H groups in total. The van der Waals surface area contributed by atoms with Crippen LogP contribution in [0.3, 0.4) is 0 Å². The number of hydrogen-bond donors (Lipinski definition) is 1. The standard InChI is InChI=1S/C16H25ClN4S/c17-15-14(22-16(19-15)20-6-1-2-7-20)10-18-9-12-5-8-21(11-12)13-3-4-13/h12-13,18H,1-11H2/t12-/m0/s1. The van der Waals surface area contributed by atoms with E-state index in [1.165, 1.54) is 50.1 Å². The van der Waals surface area contributed by atoms with Gasteiger partial charge in [-0.05, 0) is 51.1 Å². The molecular weight excluding hydrogens is 316 g/mol. The number of rotatable bonds is 6. The van der Waals surface area contributed by atoms with Gasteiger partial charge in [0.15, 0.2) is 5.13 Å². The Morgan fingerprint density at radius 2 is 2.00 bits per heavy atom. The van der Waals surface area contributed by atoms with Crippen molar-refractivity contribution in [2.45, 2.75) is 44.7 Å². The molecule has 2 aliphatic heterocycles. The Morgan fingerprint density at radius 1 is 1.18 bits per heavy atom. The zero-order chi connectivity index (χ0) is 14.9. The molecule has 0 spiro atoms. The van der Waals surface area contributed by atoms with Gasteiger partial charge in [0.25, 0.3) is 0 Å². The lowest BCUT2D eigenvalue weighted by Gasteiger charge is -2.15. The largest absolute Gasteiger partial charge is 0.348 e. The van der Waals surface area contributed by atoms with Crippen molar-refractivity contribution in [2.75, 3.05) is 37.6 Å². The highest BCUT2D eigenvalue weighted by Crippen LogP contribution is 2.33. The van der Waals surface area contributed by atoms with E-state index in [9.17, 15) is 0 Å². The van der Waals surface area contributed by atoms with E-state index in [1.807, 2.05) is 0 Å². The second kappa shape index (κ2) is 6.63. The van der Waals surface area contributed by atoms with Gasteiger partial charge in [-0.2, -0.15) is 0 Å². The smallest absolute Gasteiger partial charge is 0.187 e. The molecule has 0 bridgehead atoms. The summed E-state index contributed by atoms with van der Waals surface area (Å²) in [6.07, 6.45) is 6.76. The second-order valence-corrected chi connectivity index (χ2v) is 8.34. The van der Waals surface area contributed by atoms with Crippen molar-refractivity contribution in [3.63, 3.8) is 0 Å². The zero-order valence-corrected chi connectivity index (χ0v) is 14.6. The number of nitrogens with zero attached hydrogens (tertiary/aromatic N) is 3. The fourth-order valence-corrected chi connectivity index (χ4v) is 4.95. The molecule has 1 aromatic heterocycles. The summed E-state index contributed by atoms with van der Waals surface area (Å²) in [6, 6.07) is 0.920. The molecule has 3 heterocycles. The van der Waals surface area contributed by atoms with Gasteiger partial charge < -0.3 is 15.1 Å². The number of halogens is 1. The van der Waals surface area contributed by atoms with Gasteiger partial charge in [0.2, 0.25) is 0 Å². The van der Waals surface area contributed by atoms with Gasteiger partial charge in [0, 0.05) is 32.2 Å². The lowest BCUT2D eigenvalue weighted by Crippen LogP contribution is -2.27. The fourth-order valence-electron chi connectivity index (χ4n) is 3.66. The number of likely N-dealkylation sites (tertiary alicyclic amines) is 1. The van der Waals surface area contributed by atoms with E-state index >= 15 is 0 Å². The van der Waals surface area contributed by atoms with Gasteiger partial charge in [-0.25, -0.2) is 4.98 Å². The summed E-state index contributed by atoms with van der Waals surface area (Å²) in [5, 5.41) is 5.42. The van der Waals surface area contributed by atoms with E-state index in [-0.39, 0.29) is 0 Å². The van der Waals surface area contributed by atoms with Crippen LogP contribution in [0.2, 0.25) is 5.15 Å². The third-order valence-corrected chi connectivity index (χ3v) is 6.65. The van der Waals surface area contributed by atoms with Crippen LogP contribution in [0.1, 0.15) is 37.0 Å². The zero-order valence-electron chi connectivity index (χ0n) is 13.1. The highest BCUT2D eigenvalue weighted by molar-refractivity contribution is 7.16. The molecule has 3 fully saturated rings. The molecule has 2 saturated heterocycles. The van der Waals surface area contributed by atoms with Gasteiger partial charge in [-0.1, -0.05) is 22.9 Å². The van der Waals surface area contributed by atoms with E-state index in [0.29, 0.717) is 5.15 Å². The predicted octanol–water partition coefficient (Wildman–Crippen LogP) is 2.97. The average Bonchev–Trinajstić information content (AvgIpc) is 2.94. The second-order valence-electron chi connectivity index (χ2n) is 6.92. The fraction of sp³-hybridized carbons (Fsp3) is 0.812. The van der Waals surface area contributed by atoms with Gasteiger partial charge in [0.05, 0.1) is 4.88 Å². The maximum Gasteiger partial charge on any atom is 0.187 e. The molecule has 0 aromatic carbocycles. The minimum absolute atomic E-state index is 0.699. The van der Waals surface area contributed by atoms with Crippen LogP contribution in [-0.4, -0.2) is 48.6 Å². The molecule has 4 nitrogen and oxygen atoms in total. The molecule has 22 heavy (non-hydrogen) atoms. The first-order valence-electron chi connectivity index (χ1n) is 8.64. The molecule has 1 atom stereocenters. The maximum absolute atomic E-state index is 6.32. The molecule has 122 valence electrons. The predicted molar refractivity (Wildman–Crippen MR) is 93.0 cm³/mol. The summed E-state index contributed by atoms with van der Waals surface area (Å²) < 4.78 is 0. The molecule has 1 aliphatic carbocycles. The monoisotopic (exact) mass is 340 g/mol. The minimum atomic E-state index is 0.699. The van der Waals surface area contributed by atoms with Crippen molar-refractivity contribution in [1.82, 2.24) is 15.2 Å². The van der Waals surface area contributed by atoms with Gasteiger partial charge in [-0.3, -0.25) is 0 Å². The van der Waals surface area contributed by atoms with Crippen LogP contribution >= 0.6 is 22.9 Å². The third kappa shape index (κ3) is 3.42. The Labute approximate surface area is 141 Å². The van der Waals surface area contributed by atoms with Crippen molar-refractivity contribution >= 4 is 28.1 Å². The van der Waals surface area contributed by atoms with Crippen molar-refractivity contribution in [3.05, 3.63) is 10.0 Å². The molecule has 1 aromatic rings. The Balaban J connectivity index is 1.25. The maximum atomic E-state index is 6.32. The lowest BCUT2D eigenvalue weighted by atomic mass is 10.1. The quantitative estimate of drug-likeness (QED) is 0.862. The van der Waals surface area contributed by atoms with Crippen LogP contribution in [0.5, 0.6) is 0 Å². The molecule has 0 amide bonds. The number of hydrogen-bond acceptors (Lipinski definition) is 5. The van der Waals surface area contributed by atoms with Crippen LogP contribution < -0.4 is 10.2 Å². The SMILES string of the molecule is Clc1nc(N2CCCC2)sc1CNC[C@@H]1CCN(C2CC2)C1. The van der Waals surface area contributed by atoms with Crippen molar-refractivity contribution in [1.29, 1.82) is 0 Å². The summed E-state index contributed by atoms with van der Waals surface area (Å²) >= 11 is 8.08. The molecular formula is C16H25ClN4S. The Hall–Kier alpha value is -0.360. The lowest BCUT2D eigenvalue weighted by molar-refractivity contribution is 0.312. The van der Waals surface area contributed by atoms with E-state index in [2.05, 4.69) is 20.1 Å². The number of thiazole rings is 1. The van der Waals surface area contributed by atoms with Gasteiger partial charge in [0.1, 0.15) is 5.15 Å². The Kier molecular flexibility index (Phi) is 4.58. The van der Waals surface area contributed by atoms with Crippen molar-refractivity contribution in [3.8, 4) is 0 Å². The third-order valence-electron chi connectivity index (χ3n) is 5.11. The van der Waals surface area contributed by atoms with Gasteiger partial charge >= 0.3 is 0 Å². The molecule has 6 heteroatoms. The van der Waals surface area contributed by atoms with Crippen molar-refractivity contribution < 1.29 is 0 Å². The first-order chi connectivity index (χ1) is 10.8. The van der Waals surface area contributed by atoms with E-state index in [1.54, 1.807) is 11.3 Å². The molecule has 0 unspecified atom stereocenters. The van der Waals surface area contributed by atoms with Gasteiger partial charge in [-0.15, -0.1) is 0 Å². The summed E-state index contributed by atoms with van der Waals surface area (Å²) in [5.74, 6) is 0.811. The number of aromatic nitrogens is 1. The molecule has 4 rings (SSSR count). The Bertz CT molecular complexity index is 510. The van der Waals surface area contributed by atoms with Crippen molar-refractivity contribution in [2.24, 2.45) is 5.92 Å². The topological polar surface area (TPSA) is 31.4 Å². The summed E-state index contributed by atoms with van der Waals surface area (Å²) in [7, 11) is 0. The average molecular weight is 341 g/mol. The number of anilines is 1. The minimum Gasteiger partial charge on any atom is -0.348 e. The molecule has 1 saturated carbocycles. The summed E-state index contributed by atoms with van der Waals surface area (Å²) in [5.41, 5.74) is 0. The van der Waals surface area contributed by atoms with E-state index < -0.39 is 0 Å². The molecule has 0 radical (unpaired) electrons. The molecule has 3 aliphatic rings. The Morgan fingerprint density at radius 3 is 2.77 bits per heavy atom. The van der Waals surface area contributed by atoms with E-state index in [0.717, 1.165) is 43.3 Å². The van der Waals surface area contributed by atoms with Crippen LogP contribution in [0.4, 0.5) is 5.13 Å². The summed E-state index contributed by atoms with van der Waals surface area (Å²) in [4.78, 5) is 10.8. The first kappa shape index (κ1) is 15.2. The number of nitrogens with one attached hydrogen (secondary N) is 1. The van der Waals surface area contributed by atoms with Crippen LogP contribution in [0.25, 0.3) is 0 Å². The highest BCUT2D eigenvalue weighted by atomic mass is 35.5. The first-order valence-corrected chi connectivity index (χ1v) is 9.84. The highest BCUT2D eigenvalue weighted by Gasteiger charge is 2.34. The normalized spacial score (nSPS) is 26.2. The van der Waals surface area contributed by atoms with Crippen LogP contribution in [-0.2, 0) is 6.54 Å².